The van der Waals surface area contributed by atoms with Crippen LogP contribution in [0.15, 0.2) is 54.6 Å². The van der Waals surface area contributed by atoms with E-state index in [0.29, 0.717) is 6.61 Å². The number of nitrogens with two attached hydrogens (primary N) is 1. The Bertz CT molecular complexity index is 739. The Morgan fingerprint density at radius 1 is 1.05 bits per heavy atom. The van der Waals surface area contributed by atoms with Crippen molar-refractivity contribution in [1.82, 2.24) is 4.98 Å². The van der Waals surface area contributed by atoms with E-state index in [1.165, 1.54) is 0 Å². The summed E-state index contributed by atoms with van der Waals surface area (Å²) in [4.78, 5) is 4.72. The maximum Gasteiger partial charge on any atom is 0.145 e. The van der Waals surface area contributed by atoms with Gasteiger partial charge in [0, 0.05) is 16.6 Å². The van der Waals surface area contributed by atoms with Gasteiger partial charge in [-0.3, -0.25) is 0 Å². The van der Waals surface area contributed by atoms with Crippen molar-refractivity contribution in [2.45, 2.75) is 6.92 Å². The molecule has 0 saturated carbocycles. The van der Waals surface area contributed by atoms with Crippen molar-refractivity contribution in [1.29, 1.82) is 0 Å². The minimum absolute atomic E-state index is 0.607. The van der Waals surface area contributed by atoms with Crippen LogP contribution in [0.25, 0.3) is 22.2 Å². The highest BCUT2D eigenvalue weighted by Crippen LogP contribution is 2.31. The second-order valence-corrected chi connectivity index (χ2v) is 4.55. The monoisotopic (exact) mass is 264 g/mol. The molecule has 0 amide bonds. The summed E-state index contributed by atoms with van der Waals surface area (Å²) in [7, 11) is 0. The zero-order chi connectivity index (χ0) is 13.9. The van der Waals surface area contributed by atoms with Crippen LogP contribution in [0.1, 0.15) is 6.92 Å². The van der Waals surface area contributed by atoms with Crippen molar-refractivity contribution in [3.8, 4) is 17.0 Å². The third-order valence-corrected chi connectivity index (χ3v) is 3.20. The normalized spacial score (nSPS) is 10.7. The molecule has 3 nitrogen and oxygen atoms in total. The van der Waals surface area contributed by atoms with Crippen LogP contribution in [0.3, 0.4) is 0 Å². The van der Waals surface area contributed by atoms with Gasteiger partial charge in [0.05, 0.1) is 12.3 Å². The summed E-state index contributed by atoms with van der Waals surface area (Å²) in [5.74, 6) is 0.773. The lowest BCUT2D eigenvalue weighted by atomic mass is 10.1. The summed E-state index contributed by atoms with van der Waals surface area (Å²) < 4.78 is 5.65. The van der Waals surface area contributed by atoms with Crippen LogP contribution < -0.4 is 10.5 Å². The lowest BCUT2D eigenvalue weighted by Gasteiger charge is -2.10. The van der Waals surface area contributed by atoms with E-state index in [0.717, 1.165) is 33.6 Å². The molecule has 1 aromatic heterocycles. The molecular formula is C17H16N2O. The van der Waals surface area contributed by atoms with E-state index in [9.17, 15) is 0 Å². The van der Waals surface area contributed by atoms with E-state index in [4.69, 9.17) is 15.5 Å². The third-order valence-electron chi connectivity index (χ3n) is 3.20. The second kappa shape index (κ2) is 5.21. The van der Waals surface area contributed by atoms with Gasteiger partial charge in [-0.25, -0.2) is 4.98 Å². The number of para-hydroxylation sites is 1. The molecule has 2 N–H and O–H groups in total. The summed E-state index contributed by atoms with van der Waals surface area (Å²) in [6, 6.07) is 17.8. The number of hydrogen-bond acceptors (Lipinski definition) is 3. The minimum Gasteiger partial charge on any atom is -0.492 e. The fraction of sp³-hybridized carbons (Fsp3) is 0.118. The summed E-state index contributed by atoms with van der Waals surface area (Å²) in [5, 5.41) is 0.927. The average molecular weight is 264 g/mol. The lowest BCUT2D eigenvalue weighted by Crippen LogP contribution is -1.97. The first-order valence-electron chi connectivity index (χ1n) is 6.67. The highest BCUT2D eigenvalue weighted by molar-refractivity contribution is 5.96. The fourth-order valence-corrected chi connectivity index (χ4v) is 2.28. The zero-order valence-corrected chi connectivity index (χ0v) is 11.3. The number of aromatic nitrogens is 1. The standard InChI is InChI=1S/C17H16N2O/c1-2-20-16-10-6-9-13-14(18)11-15(19-17(13)16)12-7-4-3-5-8-12/h3-11H,2H2,1H3,(H2,18,19). The summed E-state index contributed by atoms with van der Waals surface area (Å²) in [6.07, 6.45) is 0. The van der Waals surface area contributed by atoms with Crippen molar-refractivity contribution in [2.24, 2.45) is 0 Å². The molecule has 20 heavy (non-hydrogen) atoms. The maximum atomic E-state index is 6.16. The highest BCUT2D eigenvalue weighted by Gasteiger charge is 2.09. The Hall–Kier alpha value is -2.55. The molecule has 0 atom stereocenters. The van der Waals surface area contributed by atoms with Crippen molar-refractivity contribution < 1.29 is 4.74 Å². The van der Waals surface area contributed by atoms with Crippen LogP contribution in [0.4, 0.5) is 5.69 Å². The first kappa shape index (κ1) is 12.5. The van der Waals surface area contributed by atoms with Crippen molar-refractivity contribution in [3.05, 3.63) is 54.6 Å². The third kappa shape index (κ3) is 2.18. The van der Waals surface area contributed by atoms with Crippen molar-refractivity contribution in [2.75, 3.05) is 12.3 Å². The quantitative estimate of drug-likeness (QED) is 0.781. The molecule has 0 fully saturated rings. The van der Waals surface area contributed by atoms with Gasteiger partial charge in [-0.2, -0.15) is 0 Å². The van der Waals surface area contributed by atoms with Gasteiger partial charge in [-0.05, 0) is 19.1 Å². The Balaban J connectivity index is 2.24. The topological polar surface area (TPSA) is 48.1 Å². The van der Waals surface area contributed by atoms with Crippen molar-refractivity contribution >= 4 is 16.6 Å². The van der Waals surface area contributed by atoms with Gasteiger partial charge >= 0.3 is 0 Å². The van der Waals surface area contributed by atoms with E-state index in [-0.39, 0.29) is 0 Å². The largest absolute Gasteiger partial charge is 0.492 e. The Morgan fingerprint density at radius 3 is 2.60 bits per heavy atom. The number of pyridine rings is 1. The van der Waals surface area contributed by atoms with Crippen LogP contribution in [0.5, 0.6) is 5.75 Å². The molecule has 0 spiro atoms. The molecule has 0 aliphatic carbocycles. The second-order valence-electron chi connectivity index (χ2n) is 4.55. The Kier molecular flexibility index (Phi) is 3.25. The molecule has 0 radical (unpaired) electrons. The van der Waals surface area contributed by atoms with Gasteiger partial charge < -0.3 is 10.5 Å². The van der Waals surface area contributed by atoms with Crippen molar-refractivity contribution in [3.63, 3.8) is 0 Å². The molecule has 0 saturated heterocycles. The summed E-state index contributed by atoms with van der Waals surface area (Å²) in [5.41, 5.74) is 9.61. The lowest BCUT2D eigenvalue weighted by molar-refractivity contribution is 0.343. The highest BCUT2D eigenvalue weighted by atomic mass is 16.5. The number of rotatable bonds is 3. The molecule has 0 aliphatic heterocycles. The molecule has 0 unspecified atom stereocenters. The van der Waals surface area contributed by atoms with Crippen LogP contribution in [0.2, 0.25) is 0 Å². The molecule has 3 aromatic rings. The number of anilines is 1. The minimum atomic E-state index is 0.607. The Labute approximate surface area is 118 Å². The molecule has 3 rings (SSSR count). The number of benzene rings is 2. The van der Waals surface area contributed by atoms with E-state index >= 15 is 0 Å². The number of hydrogen-bond donors (Lipinski definition) is 1. The van der Waals surface area contributed by atoms with Crippen LogP contribution >= 0.6 is 0 Å². The number of fused-ring (bicyclic) bond motifs is 1. The van der Waals surface area contributed by atoms with Gasteiger partial charge in [0.15, 0.2) is 0 Å². The number of nitrogens with zero attached hydrogens (tertiary/aromatic N) is 1. The van der Waals surface area contributed by atoms with E-state index in [1.54, 1.807) is 0 Å². The van der Waals surface area contributed by atoms with E-state index in [2.05, 4.69) is 0 Å². The van der Waals surface area contributed by atoms with Gasteiger partial charge in [0.2, 0.25) is 0 Å². The predicted molar refractivity (Wildman–Crippen MR) is 82.8 cm³/mol. The van der Waals surface area contributed by atoms with Gasteiger partial charge in [0.25, 0.3) is 0 Å². The first-order valence-corrected chi connectivity index (χ1v) is 6.67. The molecule has 3 heteroatoms. The van der Waals surface area contributed by atoms with Gasteiger partial charge in [-0.1, -0.05) is 42.5 Å². The smallest absolute Gasteiger partial charge is 0.145 e. The molecule has 2 aromatic carbocycles. The molecule has 0 aliphatic rings. The maximum absolute atomic E-state index is 6.16. The van der Waals surface area contributed by atoms with Gasteiger partial charge in [-0.15, -0.1) is 0 Å². The van der Waals surface area contributed by atoms with Gasteiger partial charge in [0.1, 0.15) is 11.3 Å². The Morgan fingerprint density at radius 2 is 1.85 bits per heavy atom. The summed E-state index contributed by atoms with van der Waals surface area (Å²) in [6.45, 7) is 2.57. The van der Waals surface area contributed by atoms with Crippen LogP contribution in [-0.4, -0.2) is 11.6 Å². The molecule has 1 heterocycles. The van der Waals surface area contributed by atoms with E-state index in [1.807, 2.05) is 61.5 Å². The number of ether oxygens (including phenoxy) is 1. The molecule has 100 valence electrons. The predicted octanol–water partition coefficient (Wildman–Crippen LogP) is 3.88. The van der Waals surface area contributed by atoms with Crippen LogP contribution in [-0.2, 0) is 0 Å². The first-order chi connectivity index (χ1) is 9.79. The summed E-state index contributed by atoms with van der Waals surface area (Å²) >= 11 is 0. The van der Waals surface area contributed by atoms with Crippen LogP contribution in [0, 0.1) is 0 Å². The van der Waals surface area contributed by atoms with E-state index < -0.39 is 0 Å². The number of nitrogen functional groups attached to an aromatic ring is 1. The average Bonchev–Trinajstić information content (AvgIpc) is 2.49. The molecular weight excluding hydrogens is 248 g/mol. The zero-order valence-electron chi connectivity index (χ0n) is 11.3. The molecule has 0 bridgehead atoms. The SMILES string of the molecule is CCOc1cccc2c(N)cc(-c3ccccc3)nc12. The fourth-order valence-electron chi connectivity index (χ4n) is 2.28.